The van der Waals surface area contributed by atoms with Crippen molar-refractivity contribution in [3.8, 4) is 0 Å². The second kappa shape index (κ2) is 5.63. The van der Waals surface area contributed by atoms with Crippen LogP contribution in [-0.2, 0) is 21.3 Å². The van der Waals surface area contributed by atoms with Crippen LogP contribution in [0, 0.1) is 6.92 Å². The highest BCUT2D eigenvalue weighted by atomic mass is 32.2. The molecule has 1 atom stereocenters. The maximum absolute atomic E-state index is 12.0. The minimum Gasteiger partial charge on any atom is -0.464 e. The van der Waals surface area contributed by atoms with Crippen molar-refractivity contribution in [3.05, 3.63) is 17.6 Å². The van der Waals surface area contributed by atoms with E-state index in [4.69, 9.17) is 14.9 Å². The standard InChI is InChI=1S/C10H18N2O4S/c1-7(6-15-3)12-17(13,14)10-4-9(5-11)16-8(10)2/h4,7,12H,5-6,11H2,1-3H3. The number of methoxy groups -OCH3 is 1. The SMILES string of the molecule is COCC(C)NS(=O)(=O)c1cc(CN)oc1C. The molecule has 0 spiro atoms. The molecule has 1 aromatic heterocycles. The Bertz CT molecular complexity index is 467. The van der Waals surface area contributed by atoms with Crippen molar-refractivity contribution in [2.75, 3.05) is 13.7 Å². The highest BCUT2D eigenvalue weighted by Crippen LogP contribution is 2.19. The smallest absolute Gasteiger partial charge is 0.244 e. The first kappa shape index (κ1) is 14.2. The Balaban J connectivity index is 2.92. The van der Waals surface area contributed by atoms with Crippen LogP contribution < -0.4 is 10.5 Å². The lowest BCUT2D eigenvalue weighted by atomic mass is 10.4. The summed E-state index contributed by atoms with van der Waals surface area (Å²) >= 11 is 0. The zero-order chi connectivity index (χ0) is 13.1. The van der Waals surface area contributed by atoms with Gasteiger partial charge in [0, 0.05) is 19.2 Å². The van der Waals surface area contributed by atoms with E-state index in [0.717, 1.165) is 0 Å². The number of aryl methyl sites for hydroxylation is 1. The molecule has 0 aliphatic heterocycles. The third-order valence-corrected chi connectivity index (χ3v) is 3.88. The number of hydrogen-bond donors (Lipinski definition) is 2. The fourth-order valence-corrected chi connectivity index (χ4v) is 2.94. The van der Waals surface area contributed by atoms with Gasteiger partial charge >= 0.3 is 0 Å². The van der Waals surface area contributed by atoms with E-state index in [1.54, 1.807) is 13.8 Å². The van der Waals surface area contributed by atoms with Crippen molar-refractivity contribution in [2.45, 2.75) is 31.3 Å². The molecule has 6 nitrogen and oxygen atoms in total. The first-order valence-electron chi connectivity index (χ1n) is 5.21. The Labute approximate surface area is 101 Å². The summed E-state index contributed by atoms with van der Waals surface area (Å²) in [6.45, 7) is 3.79. The van der Waals surface area contributed by atoms with Crippen LogP contribution in [0.5, 0.6) is 0 Å². The van der Waals surface area contributed by atoms with Gasteiger partial charge in [-0.05, 0) is 13.8 Å². The van der Waals surface area contributed by atoms with Gasteiger partial charge in [0.15, 0.2) is 0 Å². The Kier molecular flexibility index (Phi) is 4.70. The number of rotatable bonds is 6. The molecule has 0 saturated carbocycles. The summed E-state index contributed by atoms with van der Waals surface area (Å²) < 4.78 is 36.6. The van der Waals surface area contributed by atoms with E-state index in [1.165, 1.54) is 13.2 Å². The molecule has 1 unspecified atom stereocenters. The number of furan rings is 1. The molecule has 7 heteroatoms. The van der Waals surface area contributed by atoms with Gasteiger partial charge in [0.2, 0.25) is 10.0 Å². The van der Waals surface area contributed by atoms with Gasteiger partial charge in [0.25, 0.3) is 0 Å². The second-order valence-corrected chi connectivity index (χ2v) is 5.50. The van der Waals surface area contributed by atoms with Crippen LogP contribution in [0.2, 0.25) is 0 Å². The molecular formula is C10H18N2O4S. The van der Waals surface area contributed by atoms with Crippen LogP contribution in [0.15, 0.2) is 15.4 Å². The van der Waals surface area contributed by atoms with E-state index in [1.807, 2.05) is 0 Å². The Morgan fingerprint density at radius 3 is 2.71 bits per heavy atom. The molecule has 0 aliphatic carbocycles. The zero-order valence-electron chi connectivity index (χ0n) is 10.2. The molecule has 0 saturated heterocycles. The van der Waals surface area contributed by atoms with E-state index in [2.05, 4.69) is 4.72 Å². The molecule has 1 heterocycles. The third-order valence-electron chi connectivity index (χ3n) is 2.19. The fourth-order valence-electron chi connectivity index (χ4n) is 1.50. The fraction of sp³-hybridized carbons (Fsp3) is 0.600. The zero-order valence-corrected chi connectivity index (χ0v) is 11.0. The van der Waals surface area contributed by atoms with Crippen molar-refractivity contribution in [1.29, 1.82) is 0 Å². The number of ether oxygens (including phenoxy) is 1. The topological polar surface area (TPSA) is 94.6 Å². The molecule has 1 aromatic rings. The predicted octanol–water partition coefficient (Wildman–Crippen LogP) is 0.360. The normalized spacial score (nSPS) is 13.9. The van der Waals surface area contributed by atoms with Crippen LogP contribution in [0.1, 0.15) is 18.4 Å². The van der Waals surface area contributed by atoms with Crippen LogP contribution in [0.3, 0.4) is 0 Å². The molecule has 1 rings (SSSR count). The first-order valence-corrected chi connectivity index (χ1v) is 6.69. The molecular weight excluding hydrogens is 244 g/mol. The van der Waals surface area contributed by atoms with Gasteiger partial charge in [0.1, 0.15) is 16.4 Å². The molecule has 0 radical (unpaired) electrons. The van der Waals surface area contributed by atoms with Crippen LogP contribution in [0.25, 0.3) is 0 Å². The van der Waals surface area contributed by atoms with Gasteiger partial charge < -0.3 is 14.9 Å². The number of nitrogens with one attached hydrogen (secondary N) is 1. The molecule has 17 heavy (non-hydrogen) atoms. The van der Waals surface area contributed by atoms with Crippen molar-refractivity contribution in [2.24, 2.45) is 5.73 Å². The number of sulfonamides is 1. The lowest BCUT2D eigenvalue weighted by Crippen LogP contribution is -2.35. The summed E-state index contributed by atoms with van der Waals surface area (Å²) in [5, 5.41) is 0. The average Bonchev–Trinajstić information content (AvgIpc) is 2.60. The largest absolute Gasteiger partial charge is 0.464 e. The summed E-state index contributed by atoms with van der Waals surface area (Å²) in [5.74, 6) is 0.782. The maximum atomic E-state index is 12.0. The van der Waals surface area contributed by atoms with Gasteiger partial charge in [-0.3, -0.25) is 0 Å². The maximum Gasteiger partial charge on any atom is 0.244 e. The highest BCUT2D eigenvalue weighted by Gasteiger charge is 2.22. The molecule has 3 N–H and O–H groups in total. The van der Waals surface area contributed by atoms with Crippen molar-refractivity contribution in [3.63, 3.8) is 0 Å². The van der Waals surface area contributed by atoms with E-state index < -0.39 is 10.0 Å². The predicted molar refractivity (Wildman–Crippen MR) is 63.0 cm³/mol. The molecule has 0 aromatic carbocycles. The minimum atomic E-state index is -3.58. The van der Waals surface area contributed by atoms with E-state index in [0.29, 0.717) is 18.1 Å². The number of hydrogen-bond acceptors (Lipinski definition) is 5. The molecule has 0 aliphatic rings. The lowest BCUT2D eigenvalue weighted by molar-refractivity contribution is 0.180. The second-order valence-electron chi connectivity index (χ2n) is 3.81. The summed E-state index contributed by atoms with van der Waals surface area (Å²) in [6, 6.07) is 1.14. The van der Waals surface area contributed by atoms with Crippen molar-refractivity contribution < 1.29 is 17.6 Å². The Hall–Kier alpha value is -0.890. The van der Waals surface area contributed by atoms with Crippen LogP contribution in [-0.4, -0.2) is 28.2 Å². The number of nitrogens with two attached hydrogens (primary N) is 1. The van der Waals surface area contributed by atoms with E-state index in [-0.39, 0.29) is 17.5 Å². The highest BCUT2D eigenvalue weighted by molar-refractivity contribution is 7.89. The molecule has 0 amide bonds. The van der Waals surface area contributed by atoms with Crippen molar-refractivity contribution >= 4 is 10.0 Å². The monoisotopic (exact) mass is 262 g/mol. The van der Waals surface area contributed by atoms with Gasteiger partial charge in [-0.15, -0.1) is 0 Å². The average molecular weight is 262 g/mol. The van der Waals surface area contributed by atoms with E-state index >= 15 is 0 Å². The molecule has 0 bridgehead atoms. The van der Waals surface area contributed by atoms with Gasteiger partial charge in [-0.1, -0.05) is 0 Å². The van der Waals surface area contributed by atoms with Gasteiger partial charge in [-0.25, -0.2) is 13.1 Å². The Morgan fingerprint density at radius 1 is 1.59 bits per heavy atom. The van der Waals surface area contributed by atoms with E-state index in [9.17, 15) is 8.42 Å². The molecule has 98 valence electrons. The summed E-state index contributed by atoms with van der Waals surface area (Å²) in [6.07, 6.45) is 0. The Morgan fingerprint density at radius 2 is 2.24 bits per heavy atom. The summed E-state index contributed by atoms with van der Waals surface area (Å²) in [7, 11) is -2.07. The lowest BCUT2D eigenvalue weighted by Gasteiger charge is -2.12. The quantitative estimate of drug-likeness (QED) is 0.772. The third kappa shape index (κ3) is 3.53. The van der Waals surface area contributed by atoms with Gasteiger partial charge in [-0.2, -0.15) is 0 Å². The van der Waals surface area contributed by atoms with Crippen molar-refractivity contribution in [1.82, 2.24) is 4.72 Å². The summed E-state index contributed by atoms with van der Waals surface area (Å²) in [4.78, 5) is 0.126. The van der Waals surface area contributed by atoms with Crippen LogP contribution in [0.4, 0.5) is 0 Å². The first-order chi connectivity index (χ1) is 7.90. The minimum absolute atomic E-state index is 0.126. The summed E-state index contributed by atoms with van der Waals surface area (Å²) in [5.41, 5.74) is 5.40. The van der Waals surface area contributed by atoms with Gasteiger partial charge in [0.05, 0.1) is 13.2 Å². The molecule has 0 fully saturated rings. The van der Waals surface area contributed by atoms with Crippen LogP contribution >= 0.6 is 0 Å².